The van der Waals surface area contributed by atoms with Crippen LogP contribution in [0, 0.1) is 0 Å². The Balaban J connectivity index is 0.00000400. The average Bonchev–Trinajstić information content (AvgIpc) is 2.94. The van der Waals surface area contributed by atoms with Crippen LogP contribution in [0.1, 0.15) is 84.1 Å². The number of hydrogen-bond donors (Lipinski definition) is 1. The van der Waals surface area contributed by atoms with E-state index in [0.29, 0.717) is 0 Å². The highest BCUT2D eigenvalue weighted by Crippen LogP contribution is 2.20. The Morgan fingerprint density at radius 2 is 1.57 bits per heavy atom. The Labute approximate surface area is 136 Å². The minimum Gasteiger partial charge on any atom is -0.391 e. The molecule has 2 atom stereocenters. The molecule has 1 rings (SSSR count). The zero-order chi connectivity index (χ0) is 14.6. The van der Waals surface area contributed by atoms with Gasteiger partial charge in [-0.25, -0.2) is 4.98 Å². The second-order valence-electron chi connectivity index (χ2n) is 5.93. The lowest BCUT2D eigenvalue weighted by Gasteiger charge is -2.21. The van der Waals surface area contributed by atoms with Crippen molar-refractivity contribution in [1.82, 2.24) is 9.55 Å². The van der Waals surface area contributed by atoms with Crippen molar-refractivity contribution >= 4 is 12.4 Å². The van der Waals surface area contributed by atoms with Crippen LogP contribution in [0.5, 0.6) is 0 Å². The van der Waals surface area contributed by atoms with E-state index in [0.717, 1.165) is 6.42 Å². The largest absolute Gasteiger partial charge is 0.391 e. The zero-order valence-corrected chi connectivity index (χ0v) is 14.5. The fraction of sp³-hybridized carbons (Fsp3) is 0.824. The molecular weight excluding hydrogens is 284 g/mol. The van der Waals surface area contributed by atoms with E-state index in [2.05, 4.69) is 11.9 Å². The molecule has 1 aromatic heterocycles. The molecular formula is C17H33ClN2O. The number of aliphatic hydroxyl groups excluding tert-OH is 1. The number of rotatable bonds is 12. The Morgan fingerprint density at radius 3 is 2.05 bits per heavy atom. The third-order valence-electron chi connectivity index (χ3n) is 4.07. The van der Waals surface area contributed by atoms with E-state index in [1.807, 2.05) is 24.0 Å². The second-order valence-corrected chi connectivity index (χ2v) is 5.93. The Morgan fingerprint density at radius 1 is 1.00 bits per heavy atom. The van der Waals surface area contributed by atoms with Crippen molar-refractivity contribution < 1.29 is 5.11 Å². The van der Waals surface area contributed by atoms with Gasteiger partial charge in [-0.15, -0.1) is 12.4 Å². The molecule has 0 spiro atoms. The number of unbranched alkanes of at least 4 members (excludes halogenated alkanes) is 8. The third kappa shape index (κ3) is 9.15. The van der Waals surface area contributed by atoms with Crippen LogP contribution in [-0.2, 0) is 0 Å². The molecule has 1 N–H and O–H groups in total. The molecule has 0 fully saturated rings. The summed E-state index contributed by atoms with van der Waals surface area (Å²) >= 11 is 0. The fourth-order valence-electron chi connectivity index (χ4n) is 2.77. The summed E-state index contributed by atoms with van der Waals surface area (Å²) in [7, 11) is 0. The minimum atomic E-state index is -0.307. The molecule has 0 aliphatic rings. The molecule has 0 aromatic carbocycles. The maximum atomic E-state index is 9.86. The molecule has 21 heavy (non-hydrogen) atoms. The molecule has 0 saturated carbocycles. The summed E-state index contributed by atoms with van der Waals surface area (Å²) < 4.78 is 2.04. The quantitative estimate of drug-likeness (QED) is 0.542. The van der Waals surface area contributed by atoms with Gasteiger partial charge in [0, 0.05) is 12.4 Å². The Bertz CT molecular complexity index is 315. The molecule has 3 nitrogen and oxygen atoms in total. The summed E-state index contributed by atoms with van der Waals surface area (Å²) in [5.74, 6) is 0. The standard InChI is InChI=1S/C17H32N2O.ClH/c1-3-4-5-6-7-8-9-10-11-12-17(16(2)20)19-14-13-18-15-19;/h13-17,20H,3-12H2,1-2H3;1H. The first-order valence-corrected chi connectivity index (χ1v) is 8.41. The SMILES string of the molecule is CCCCCCCCCCCC(C(C)O)n1ccnc1.Cl. The maximum absolute atomic E-state index is 9.86. The van der Waals surface area contributed by atoms with Gasteiger partial charge >= 0.3 is 0 Å². The molecule has 1 aromatic rings. The van der Waals surface area contributed by atoms with E-state index in [1.165, 1.54) is 57.8 Å². The topological polar surface area (TPSA) is 38.0 Å². The molecule has 124 valence electrons. The van der Waals surface area contributed by atoms with Crippen LogP contribution in [0.25, 0.3) is 0 Å². The van der Waals surface area contributed by atoms with Gasteiger partial charge in [-0.3, -0.25) is 0 Å². The first kappa shape index (κ1) is 20.5. The van der Waals surface area contributed by atoms with Crippen molar-refractivity contribution in [2.45, 2.75) is 90.2 Å². The smallest absolute Gasteiger partial charge is 0.0949 e. The summed E-state index contributed by atoms with van der Waals surface area (Å²) in [4.78, 5) is 4.07. The van der Waals surface area contributed by atoms with Gasteiger partial charge in [0.15, 0.2) is 0 Å². The predicted molar refractivity (Wildman–Crippen MR) is 92.0 cm³/mol. The second kappa shape index (κ2) is 13.1. The van der Waals surface area contributed by atoms with Crippen molar-refractivity contribution in [3.05, 3.63) is 18.7 Å². The summed E-state index contributed by atoms with van der Waals surface area (Å²) in [5, 5.41) is 9.86. The lowest BCUT2D eigenvalue weighted by atomic mass is 10.0. The Kier molecular flexibility index (Phi) is 12.8. The van der Waals surface area contributed by atoms with Crippen LogP contribution in [0.4, 0.5) is 0 Å². The predicted octanol–water partition coefficient (Wildman–Crippen LogP) is 5.15. The monoisotopic (exact) mass is 316 g/mol. The van der Waals surface area contributed by atoms with Crippen LogP contribution < -0.4 is 0 Å². The lowest BCUT2D eigenvalue weighted by molar-refractivity contribution is 0.122. The molecule has 0 saturated heterocycles. The first-order chi connectivity index (χ1) is 9.75. The number of hydrogen-bond acceptors (Lipinski definition) is 2. The van der Waals surface area contributed by atoms with Crippen LogP contribution in [0.3, 0.4) is 0 Å². The third-order valence-corrected chi connectivity index (χ3v) is 4.07. The van der Waals surface area contributed by atoms with Gasteiger partial charge in [-0.1, -0.05) is 64.7 Å². The first-order valence-electron chi connectivity index (χ1n) is 8.41. The zero-order valence-electron chi connectivity index (χ0n) is 13.7. The highest BCUT2D eigenvalue weighted by atomic mass is 35.5. The number of halogens is 1. The van der Waals surface area contributed by atoms with Crippen molar-refractivity contribution in [3.63, 3.8) is 0 Å². The molecule has 0 bridgehead atoms. The minimum absolute atomic E-state index is 0. The summed E-state index contributed by atoms with van der Waals surface area (Å²) in [5.41, 5.74) is 0. The van der Waals surface area contributed by atoms with Crippen molar-refractivity contribution in [2.24, 2.45) is 0 Å². The van der Waals surface area contributed by atoms with Crippen LogP contribution in [0.15, 0.2) is 18.7 Å². The molecule has 4 heteroatoms. The summed E-state index contributed by atoms with van der Waals surface area (Å²) in [6, 6.07) is 0.182. The number of aliphatic hydroxyl groups is 1. The van der Waals surface area contributed by atoms with Crippen LogP contribution >= 0.6 is 12.4 Å². The van der Waals surface area contributed by atoms with Crippen LogP contribution in [-0.4, -0.2) is 20.8 Å². The van der Waals surface area contributed by atoms with Crippen molar-refractivity contribution in [2.75, 3.05) is 0 Å². The Hall–Kier alpha value is -0.540. The average molecular weight is 317 g/mol. The van der Waals surface area contributed by atoms with E-state index in [1.54, 1.807) is 6.20 Å². The highest BCUT2D eigenvalue weighted by Gasteiger charge is 2.15. The molecule has 0 aliphatic heterocycles. The van der Waals surface area contributed by atoms with Gasteiger partial charge in [-0.2, -0.15) is 0 Å². The number of imidazole rings is 1. The van der Waals surface area contributed by atoms with E-state index in [-0.39, 0.29) is 24.6 Å². The van der Waals surface area contributed by atoms with Gasteiger partial charge in [0.25, 0.3) is 0 Å². The summed E-state index contributed by atoms with van der Waals surface area (Å²) in [6.07, 6.45) is 18.4. The molecule has 0 amide bonds. The van der Waals surface area contributed by atoms with Gasteiger partial charge in [0.05, 0.1) is 18.5 Å². The molecule has 0 aliphatic carbocycles. The van der Waals surface area contributed by atoms with Crippen molar-refractivity contribution in [3.8, 4) is 0 Å². The van der Waals surface area contributed by atoms with E-state index in [9.17, 15) is 5.11 Å². The maximum Gasteiger partial charge on any atom is 0.0949 e. The van der Waals surface area contributed by atoms with E-state index < -0.39 is 0 Å². The van der Waals surface area contributed by atoms with E-state index in [4.69, 9.17) is 0 Å². The normalized spacial score (nSPS) is 13.7. The highest BCUT2D eigenvalue weighted by molar-refractivity contribution is 5.85. The van der Waals surface area contributed by atoms with Gasteiger partial charge in [-0.05, 0) is 13.3 Å². The molecule has 2 unspecified atom stereocenters. The number of nitrogens with zero attached hydrogens (tertiary/aromatic N) is 2. The molecule has 1 heterocycles. The molecule has 0 radical (unpaired) electrons. The van der Waals surface area contributed by atoms with Gasteiger partial charge in [0.2, 0.25) is 0 Å². The van der Waals surface area contributed by atoms with Crippen LogP contribution in [0.2, 0.25) is 0 Å². The van der Waals surface area contributed by atoms with Gasteiger partial charge < -0.3 is 9.67 Å². The van der Waals surface area contributed by atoms with E-state index >= 15 is 0 Å². The fourth-order valence-corrected chi connectivity index (χ4v) is 2.77. The summed E-state index contributed by atoms with van der Waals surface area (Å²) in [6.45, 7) is 4.14. The number of aromatic nitrogens is 2. The lowest BCUT2D eigenvalue weighted by Crippen LogP contribution is -2.20. The van der Waals surface area contributed by atoms with Crippen molar-refractivity contribution in [1.29, 1.82) is 0 Å². The van der Waals surface area contributed by atoms with Gasteiger partial charge in [0.1, 0.15) is 0 Å².